The van der Waals surface area contributed by atoms with Crippen molar-refractivity contribution in [1.82, 2.24) is 9.66 Å². The van der Waals surface area contributed by atoms with Crippen molar-refractivity contribution in [2.75, 3.05) is 18.7 Å². The molecule has 0 amide bonds. The van der Waals surface area contributed by atoms with Gasteiger partial charge >= 0.3 is 0 Å². The molecule has 0 bridgehead atoms. The largest absolute Gasteiger partial charge is 0.497 e. The maximum Gasteiger partial charge on any atom is 0.150 e. The van der Waals surface area contributed by atoms with Crippen LogP contribution in [0.25, 0.3) is 22.0 Å². The van der Waals surface area contributed by atoms with Crippen LogP contribution >= 0.6 is 0 Å². The quantitative estimate of drug-likeness (QED) is 0.724. The van der Waals surface area contributed by atoms with Crippen molar-refractivity contribution in [2.24, 2.45) is 0 Å². The molecule has 3 rings (SSSR count). The summed E-state index contributed by atoms with van der Waals surface area (Å²) in [6, 6.07) is 12.1. The molecule has 0 radical (unpaired) electrons. The highest BCUT2D eigenvalue weighted by Crippen LogP contribution is 2.29. The number of benzene rings is 2. The molecule has 2 aromatic carbocycles. The first-order chi connectivity index (χ1) is 10.1. The summed E-state index contributed by atoms with van der Waals surface area (Å²) >= 11 is 0. The summed E-state index contributed by atoms with van der Waals surface area (Å²) in [5.41, 5.74) is 7.75. The normalized spacial score (nSPS) is 11.0. The molecule has 1 aromatic heterocycles. The average Bonchev–Trinajstić information content (AvgIpc) is 2.81. The van der Waals surface area contributed by atoms with Gasteiger partial charge in [0.05, 0.1) is 7.11 Å². The number of rotatable bonds is 3. The van der Waals surface area contributed by atoms with Crippen molar-refractivity contribution < 1.29 is 4.74 Å². The molecule has 21 heavy (non-hydrogen) atoms. The summed E-state index contributed by atoms with van der Waals surface area (Å²) in [6.45, 7) is 2.00. The number of aromatic nitrogens is 2. The molecule has 0 aliphatic rings. The molecule has 5 nitrogen and oxygen atoms in total. The second-order valence-corrected chi connectivity index (χ2v) is 4.91. The van der Waals surface area contributed by atoms with Gasteiger partial charge in [-0.2, -0.15) is 0 Å². The minimum atomic E-state index is 0.486. The van der Waals surface area contributed by atoms with Crippen LogP contribution in [-0.2, 0) is 6.42 Å². The molecule has 3 aromatic rings. The summed E-state index contributed by atoms with van der Waals surface area (Å²) in [5, 5.41) is 2.22. The minimum Gasteiger partial charge on any atom is -0.497 e. The Morgan fingerprint density at radius 2 is 1.86 bits per heavy atom. The second kappa shape index (κ2) is 5.01. The van der Waals surface area contributed by atoms with Crippen molar-refractivity contribution in [3.05, 3.63) is 42.2 Å². The van der Waals surface area contributed by atoms with Crippen LogP contribution in [0.3, 0.4) is 0 Å². The molecule has 0 spiro atoms. The number of methoxy groups -OCH3 is 1. The van der Waals surface area contributed by atoms with Gasteiger partial charge in [-0.1, -0.05) is 25.1 Å². The average molecular weight is 282 g/mol. The van der Waals surface area contributed by atoms with E-state index in [1.165, 1.54) is 4.68 Å². The van der Waals surface area contributed by atoms with E-state index in [1.807, 2.05) is 37.3 Å². The Kier molecular flexibility index (Phi) is 3.17. The fraction of sp³-hybridized carbons (Fsp3) is 0.188. The van der Waals surface area contributed by atoms with Gasteiger partial charge in [0.15, 0.2) is 5.82 Å². The molecule has 0 aliphatic carbocycles. The number of hydrogen-bond acceptors (Lipinski definition) is 4. The van der Waals surface area contributed by atoms with Crippen LogP contribution in [0.5, 0.6) is 5.75 Å². The van der Waals surface area contributed by atoms with Crippen LogP contribution in [0, 0.1) is 0 Å². The molecular weight excluding hydrogens is 264 g/mol. The van der Waals surface area contributed by atoms with E-state index >= 15 is 0 Å². The van der Waals surface area contributed by atoms with Crippen LogP contribution < -0.4 is 16.3 Å². The van der Waals surface area contributed by atoms with Crippen molar-refractivity contribution in [2.45, 2.75) is 13.3 Å². The van der Waals surface area contributed by atoms with Crippen LogP contribution in [0.2, 0.25) is 0 Å². The SMILES string of the molecule is CCc1nc(-c2ccc3cc(OC)ccc3c2)c(N)n1N. The van der Waals surface area contributed by atoms with E-state index in [0.29, 0.717) is 5.82 Å². The van der Waals surface area contributed by atoms with E-state index < -0.39 is 0 Å². The van der Waals surface area contributed by atoms with Crippen LogP contribution in [0.15, 0.2) is 36.4 Å². The lowest BCUT2D eigenvalue weighted by Crippen LogP contribution is -2.14. The number of aryl methyl sites for hydroxylation is 1. The number of ether oxygens (including phenoxy) is 1. The highest BCUT2D eigenvalue weighted by Gasteiger charge is 2.13. The molecule has 108 valence electrons. The molecule has 0 unspecified atom stereocenters. The summed E-state index contributed by atoms with van der Waals surface area (Å²) in [5.74, 6) is 8.02. The maximum absolute atomic E-state index is 6.06. The van der Waals surface area contributed by atoms with E-state index in [4.69, 9.17) is 16.3 Å². The Bertz CT molecular complexity index is 807. The Labute approximate surface area is 123 Å². The Morgan fingerprint density at radius 1 is 1.14 bits per heavy atom. The Morgan fingerprint density at radius 3 is 2.52 bits per heavy atom. The first-order valence-electron chi connectivity index (χ1n) is 6.84. The van der Waals surface area contributed by atoms with Gasteiger partial charge in [0.2, 0.25) is 0 Å². The van der Waals surface area contributed by atoms with Gasteiger partial charge in [-0.3, -0.25) is 0 Å². The van der Waals surface area contributed by atoms with Gasteiger partial charge in [0.1, 0.15) is 17.3 Å². The zero-order valence-corrected chi connectivity index (χ0v) is 12.1. The molecule has 5 heteroatoms. The maximum atomic E-state index is 6.06. The van der Waals surface area contributed by atoms with Crippen LogP contribution in [0.4, 0.5) is 5.82 Å². The fourth-order valence-electron chi connectivity index (χ4n) is 2.45. The Hall–Kier alpha value is -2.69. The smallest absolute Gasteiger partial charge is 0.150 e. The van der Waals surface area contributed by atoms with Gasteiger partial charge in [-0.15, -0.1) is 0 Å². The van der Waals surface area contributed by atoms with Gasteiger partial charge in [0.25, 0.3) is 0 Å². The topological polar surface area (TPSA) is 79.1 Å². The number of anilines is 1. The predicted molar refractivity (Wildman–Crippen MR) is 85.7 cm³/mol. The predicted octanol–water partition coefficient (Wildman–Crippen LogP) is 2.57. The lowest BCUT2D eigenvalue weighted by atomic mass is 10.0. The molecular formula is C16H18N4O. The minimum absolute atomic E-state index is 0.486. The molecule has 1 heterocycles. The standard InChI is InChI=1S/C16H18N4O/c1-3-14-19-15(16(17)20(14)18)12-5-4-11-9-13(21-2)7-6-10(11)8-12/h4-9H,3,17-18H2,1-2H3. The number of nitrogen functional groups attached to an aromatic ring is 2. The van der Waals surface area contributed by atoms with E-state index in [2.05, 4.69) is 11.1 Å². The molecule has 4 N–H and O–H groups in total. The third kappa shape index (κ3) is 2.16. The van der Waals surface area contributed by atoms with E-state index in [0.717, 1.165) is 40.0 Å². The van der Waals surface area contributed by atoms with E-state index in [1.54, 1.807) is 7.11 Å². The third-order valence-electron chi connectivity index (χ3n) is 3.66. The Balaban J connectivity index is 2.13. The first-order valence-corrected chi connectivity index (χ1v) is 6.84. The summed E-state index contributed by atoms with van der Waals surface area (Å²) in [6.07, 6.45) is 0.742. The molecule has 0 atom stereocenters. The van der Waals surface area contributed by atoms with Crippen molar-refractivity contribution in [1.29, 1.82) is 0 Å². The molecule has 0 aliphatic heterocycles. The first kappa shape index (κ1) is 13.3. The second-order valence-electron chi connectivity index (χ2n) is 4.91. The van der Waals surface area contributed by atoms with Crippen molar-refractivity contribution in [3.63, 3.8) is 0 Å². The number of nitrogens with two attached hydrogens (primary N) is 2. The number of imidazole rings is 1. The monoisotopic (exact) mass is 282 g/mol. The zero-order chi connectivity index (χ0) is 15.0. The molecule has 0 saturated carbocycles. The van der Waals surface area contributed by atoms with Crippen molar-refractivity contribution >= 4 is 16.6 Å². The van der Waals surface area contributed by atoms with Crippen LogP contribution in [-0.4, -0.2) is 16.8 Å². The number of nitrogens with zero attached hydrogens (tertiary/aromatic N) is 2. The van der Waals surface area contributed by atoms with Gasteiger partial charge in [-0.05, 0) is 29.0 Å². The summed E-state index contributed by atoms with van der Waals surface area (Å²) < 4.78 is 6.69. The summed E-state index contributed by atoms with van der Waals surface area (Å²) in [4.78, 5) is 4.53. The van der Waals surface area contributed by atoms with Gasteiger partial charge < -0.3 is 16.3 Å². The highest BCUT2D eigenvalue weighted by molar-refractivity contribution is 5.89. The van der Waals surface area contributed by atoms with Crippen molar-refractivity contribution in [3.8, 4) is 17.0 Å². The summed E-state index contributed by atoms with van der Waals surface area (Å²) in [7, 11) is 1.66. The van der Waals surface area contributed by atoms with E-state index in [-0.39, 0.29) is 0 Å². The van der Waals surface area contributed by atoms with Crippen LogP contribution in [0.1, 0.15) is 12.7 Å². The van der Waals surface area contributed by atoms with Gasteiger partial charge in [0, 0.05) is 12.0 Å². The van der Waals surface area contributed by atoms with Gasteiger partial charge in [-0.25, -0.2) is 9.66 Å². The molecule has 0 fully saturated rings. The third-order valence-corrected chi connectivity index (χ3v) is 3.66. The zero-order valence-electron chi connectivity index (χ0n) is 12.1. The fourth-order valence-corrected chi connectivity index (χ4v) is 2.45. The lowest BCUT2D eigenvalue weighted by Gasteiger charge is -2.05. The van der Waals surface area contributed by atoms with E-state index in [9.17, 15) is 0 Å². The lowest BCUT2D eigenvalue weighted by molar-refractivity contribution is 0.415. The number of hydrogen-bond donors (Lipinski definition) is 2. The number of fused-ring (bicyclic) bond motifs is 1. The highest BCUT2D eigenvalue weighted by atomic mass is 16.5. The molecule has 0 saturated heterocycles.